The minimum atomic E-state index is -0.271. The van der Waals surface area contributed by atoms with Crippen LogP contribution in [0.3, 0.4) is 0 Å². The molecular formula is C16H16ClFN2O2S. The number of ether oxygens (including phenoxy) is 2. The second-order valence-corrected chi connectivity index (χ2v) is 5.44. The van der Waals surface area contributed by atoms with Gasteiger partial charge in [-0.2, -0.15) is 0 Å². The third kappa shape index (κ3) is 4.71. The first-order valence-electron chi connectivity index (χ1n) is 6.74. The van der Waals surface area contributed by atoms with E-state index >= 15 is 0 Å². The van der Waals surface area contributed by atoms with Crippen molar-refractivity contribution in [3.05, 3.63) is 52.8 Å². The molecule has 122 valence electrons. The number of hydrogen-bond acceptors (Lipinski definition) is 3. The van der Waals surface area contributed by atoms with Gasteiger partial charge in [0.05, 0.1) is 24.9 Å². The maximum Gasteiger partial charge on any atom is 0.171 e. The van der Waals surface area contributed by atoms with Gasteiger partial charge < -0.3 is 20.1 Å². The van der Waals surface area contributed by atoms with Gasteiger partial charge in [0.1, 0.15) is 17.3 Å². The Hall–Kier alpha value is -2.05. The molecular weight excluding hydrogens is 339 g/mol. The van der Waals surface area contributed by atoms with E-state index in [1.54, 1.807) is 24.3 Å². The van der Waals surface area contributed by atoms with Gasteiger partial charge in [-0.1, -0.05) is 23.7 Å². The molecule has 23 heavy (non-hydrogen) atoms. The van der Waals surface area contributed by atoms with Crippen molar-refractivity contribution >= 4 is 34.6 Å². The Morgan fingerprint density at radius 2 is 1.78 bits per heavy atom. The van der Waals surface area contributed by atoms with Gasteiger partial charge in [0, 0.05) is 18.7 Å². The van der Waals surface area contributed by atoms with Gasteiger partial charge in [-0.15, -0.1) is 0 Å². The molecule has 2 rings (SSSR count). The number of benzene rings is 2. The molecule has 2 N–H and O–H groups in total. The first-order chi connectivity index (χ1) is 11.0. The minimum absolute atomic E-state index is 0.271. The van der Waals surface area contributed by atoms with Crippen LogP contribution in [0.15, 0.2) is 36.4 Å². The summed E-state index contributed by atoms with van der Waals surface area (Å²) in [5, 5.41) is 6.91. The molecule has 2 aromatic rings. The van der Waals surface area contributed by atoms with Crippen molar-refractivity contribution in [2.45, 2.75) is 6.54 Å². The first kappa shape index (κ1) is 17.3. The zero-order chi connectivity index (χ0) is 16.8. The molecule has 0 saturated heterocycles. The summed E-state index contributed by atoms with van der Waals surface area (Å²) < 4.78 is 23.3. The summed E-state index contributed by atoms with van der Waals surface area (Å²) in [6.07, 6.45) is 0. The fourth-order valence-corrected chi connectivity index (χ4v) is 2.32. The van der Waals surface area contributed by atoms with Crippen molar-refractivity contribution in [3.63, 3.8) is 0 Å². The van der Waals surface area contributed by atoms with Crippen LogP contribution in [-0.2, 0) is 6.54 Å². The van der Waals surface area contributed by atoms with Crippen molar-refractivity contribution in [3.8, 4) is 11.5 Å². The van der Waals surface area contributed by atoms with Gasteiger partial charge in [0.2, 0.25) is 0 Å². The Labute approximate surface area is 144 Å². The molecule has 7 heteroatoms. The number of rotatable bonds is 5. The van der Waals surface area contributed by atoms with E-state index in [4.69, 9.17) is 33.3 Å². The first-order valence-corrected chi connectivity index (χ1v) is 7.53. The van der Waals surface area contributed by atoms with Crippen molar-refractivity contribution in [2.24, 2.45) is 0 Å². The molecule has 2 aromatic carbocycles. The number of hydrogen-bond donors (Lipinski definition) is 2. The van der Waals surface area contributed by atoms with Gasteiger partial charge in [-0.25, -0.2) is 4.39 Å². The number of anilines is 1. The molecule has 0 unspecified atom stereocenters. The van der Waals surface area contributed by atoms with Crippen LogP contribution in [0.5, 0.6) is 11.5 Å². The summed E-state index contributed by atoms with van der Waals surface area (Å²) >= 11 is 11.3. The third-order valence-electron chi connectivity index (χ3n) is 3.09. The maximum absolute atomic E-state index is 12.9. The Morgan fingerprint density at radius 1 is 1.13 bits per heavy atom. The average molecular weight is 355 g/mol. The Morgan fingerprint density at radius 3 is 2.39 bits per heavy atom. The largest absolute Gasteiger partial charge is 0.495 e. The molecule has 0 fully saturated rings. The molecule has 0 heterocycles. The van der Waals surface area contributed by atoms with Crippen molar-refractivity contribution in [2.75, 3.05) is 19.5 Å². The zero-order valence-electron chi connectivity index (χ0n) is 12.7. The van der Waals surface area contributed by atoms with Gasteiger partial charge >= 0.3 is 0 Å². The smallest absolute Gasteiger partial charge is 0.171 e. The maximum atomic E-state index is 12.9. The SMILES string of the molecule is COc1cc(NC(=S)NCc2ccc(F)cc2)c(OC)cc1Cl. The molecule has 0 spiro atoms. The molecule has 0 aliphatic rings. The third-order valence-corrected chi connectivity index (χ3v) is 3.63. The van der Waals surface area contributed by atoms with E-state index in [9.17, 15) is 4.39 Å². The van der Waals surface area contributed by atoms with Crippen LogP contribution in [-0.4, -0.2) is 19.3 Å². The predicted octanol–water partition coefficient (Wildman–Crippen LogP) is 3.98. The number of nitrogens with one attached hydrogen (secondary N) is 2. The van der Waals surface area contributed by atoms with Crippen LogP contribution in [0.1, 0.15) is 5.56 Å². The number of thiocarbonyl (C=S) groups is 1. The second-order valence-electron chi connectivity index (χ2n) is 4.62. The van der Waals surface area contributed by atoms with Crippen LogP contribution >= 0.6 is 23.8 Å². The van der Waals surface area contributed by atoms with E-state index in [2.05, 4.69) is 10.6 Å². The van der Waals surface area contributed by atoms with E-state index in [0.717, 1.165) is 5.56 Å². The quantitative estimate of drug-likeness (QED) is 0.795. The Kier molecular flexibility index (Phi) is 6.01. The van der Waals surface area contributed by atoms with E-state index in [1.807, 2.05) is 0 Å². The summed E-state index contributed by atoms with van der Waals surface area (Å²) in [7, 11) is 3.07. The molecule has 0 aromatic heterocycles. The predicted molar refractivity (Wildman–Crippen MR) is 94.0 cm³/mol. The van der Waals surface area contributed by atoms with Crippen molar-refractivity contribution in [1.82, 2.24) is 5.32 Å². The average Bonchev–Trinajstić information content (AvgIpc) is 2.55. The monoisotopic (exact) mass is 354 g/mol. The molecule has 0 aliphatic carbocycles. The highest BCUT2D eigenvalue weighted by atomic mass is 35.5. The summed E-state index contributed by atoms with van der Waals surface area (Å²) in [5.41, 5.74) is 1.54. The molecule has 4 nitrogen and oxygen atoms in total. The molecule has 0 amide bonds. The molecule has 0 saturated carbocycles. The fraction of sp³-hybridized carbons (Fsp3) is 0.188. The Balaban J connectivity index is 2.03. The molecule has 0 aliphatic heterocycles. The van der Waals surface area contributed by atoms with Gasteiger partial charge in [0.15, 0.2) is 5.11 Å². The van der Waals surface area contributed by atoms with Gasteiger partial charge in [-0.05, 0) is 29.9 Å². The van der Waals surface area contributed by atoms with E-state index in [1.165, 1.54) is 26.4 Å². The lowest BCUT2D eigenvalue weighted by Crippen LogP contribution is -2.28. The van der Waals surface area contributed by atoms with E-state index < -0.39 is 0 Å². The second kappa shape index (κ2) is 7.99. The van der Waals surface area contributed by atoms with Gasteiger partial charge in [-0.3, -0.25) is 0 Å². The zero-order valence-corrected chi connectivity index (χ0v) is 14.2. The summed E-state index contributed by atoms with van der Waals surface area (Å²) in [6.45, 7) is 0.471. The van der Waals surface area contributed by atoms with Crippen molar-refractivity contribution < 1.29 is 13.9 Å². The highest BCUT2D eigenvalue weighted by Gasteiger charge is 2.11. The van der Waals surface area contributed by atoms with E-state index in [0.29, 0.717) is 33.9 Å². The molecule has 0 radical (unpaired) electrons. The normalized spacial score (nSPS) is 10.1. The lowest BCUT2D eigenvalue weighted by Gasteiger charge is -2.15. The highest BCUT2D eigenvalue weighted by molar-refractivity contribution is 7.80. The van der Waals surface area contributed by atoms with E-state index in [-0.39, 0.29) is 5.82 Å². The molecule has 0 bridgehead atoms. The summed E-state index contributed by atoms with van der Waals surface area (Å²) in [5.74, 6) is 0.783. The lowest BCUT2D eigenvalue weighted by molar-refractivity contribution is 0.405. The van der Waals surface area contributed by atoms with Crippen LogP contribution < -0.4 is 20.1 Å². The fourth-order valence-electron chi connectivity index (χ4n) is 1.91. The van der Waals surface area contributed by atoms with Crippen LogP contribution in [0.2, 0.25) is 5.02 Å². The topological polar surface area (TPSA) is 42.5 Å². The van der Waals surface area contributed by atoms with Crippen LogP contribution in [0, 0.1) is 5.82 Å². The van der Waals surface area contributed by atoms with Crippen LogP contribution in [0.25, 0.3) is 0 Å². The molecule has 0 atom stereocenters. The van der Waals surface area contributed by atoms with Gasteiger partial charge in [0.25, 0.3) is 0 Å². The highest BCUT2D eigenvalue weighted by Crippen LogP contribution is 2.35. The standard InChI is InChI=1S/C16H16ClFN2O2S/c1-21-14-8-13(15(22-2)7-12(14)17)20-16(23)19-9-10-3-5-11(18)6-4-10/h3-8H,9H2,1-2H3,(H2,19,20,23). The van der Waals surface area contributed by atoms with Crippen molar-refractivity contribution in [1.29, 1.82) is 0 Å². The summed E-state index contributed by atoms with van der Waals surface area (Å²) in [6, 6.07) is 9.53. The minimum Gasteiger partial charge on any atom is -0.495 e. The summed E-state index contributed by atoms with van der Waals surface area (Å²) in [4.78, 5) is 0. The number of halogens is 2. The Bertz CT molecular complexity index is 695. The number of methoxy groups -OCH3 is 2. The van der Waals surface area contributed by atoms with Crippen LogP contribution in [0.4, 0.5) is 10.1 Å². The lowest BCUT2D eigenvalue weighted by atomic mass is 10.2.